The van der Waals surface area contributed by atoms with Crippen LogP contribution < -0.4 is 16.4 Å². The topological polar surface area (TPSA) is 67.2 Å². The van der Waals surface area contributed by atoms with E-state index in [9.17, 15) is 4.79 Å². The van der Waals surface area contributed by atoms with E-state index in [4.69, 9.17) is 5.73 Å². The van der Waals surface area contributed by atoms with Crippen LogP contribution in [0.1, 0.15) is 17.3 Å². The Balaban J connectivity index is 2.22. The van der Waals surface area contributed by atoms with E-state index < -0.39 is 0 Å². The number of anilines is 3. The fraction of sp³-hybridized carbons (Fsp3) is 0.133. The van der Waals surface area contributed by atoms with Crippen molar-refractivity contribution in [3.05, 3.63) is 52.5 Å². The van der Waals surface area contributed by atoms with Crippen LogP contribution in [0.3, 0.4) is 0 Å². The predicted octanol–water partition coefficient (Wildman–Crippen LogP) is 3.52. The molecule has 0 saturated carbocycles. The molecule has 0 saturated heterocycles. The van der Waals surface area contributed by atoms with Crippen LogP contribution in [0.2, 0.25) is 0 Å². The first kappa shape index (κ1) is 14.4. The number of nitrogens with one attached hydrogen (secondary N) is 2. The number of halogens is 1. The van der Waals surface area contributed by atoms with Gasteiger partial charge >= 0.3 is 0 Å². The lowest BCUT2D eigenvalue weighted by Gasteiger charge is -2.12. The van der Waals surface area contributed by atoms with Crippen LogP contribution in [-0.4, -0.2) is 12.5 Å². The average molecular weight is 334 g/mol. The van der Waals surface area contributed by atoms with Crippen molar-refractivity contribution in [3.63, 3.8) is 0 Å². The molecule has 0 aromatic heterocycles. The summed E-state index contributed by atoms with van der Waals surface area (Å²) in [4.78, 5) is 11.7. The summed E-state index contributed by atoms with van der Waals surface area (Å²) in [6.07, 6.45) is 0. The van der Waals surface area contributed by atoms with Crippen LogP contribution in [0.25, 0.3) is 0 Å². The number of carbonyl (C=O) groups excluding carboxylic acids is 1. The molecule has 4 N–H and O–H groups in total. The summed E-state index contributed by atoms with van der Waals surface area (Å²) in [5.41, 5.74) is 8.77. The number of hydrogen-bond acceptors (Lipinski definition) is 3. The van der Waals surface area contributed by atoms with Gasteiger partial charge in [0.1, 0.15) is 0 Å². The molecule has 0 radical (unpaired) electrons. The lowest BCUT2D eigenvalue weighted by molar-refractivity contribution is 0.0956. The fourth-order valence-electron chi connectivity index (χ4n) is 1.79. The van der Waals surface area contributed by atoms with Crippen molar-refractivity contribution >= 4 is 38.9 Å². The highest BCUT2D eigenvalue weighted by atomic mass is 79.9. The van der Waals surface area contributed by atoms with Crippen LogP contribution in [0, 0.1) is 0 Å². The van der Waals surface area contributed by atoms with Gasteiger partial charge in [0, 0.05) is 16.6 Å². The van der Waals surface area contributed by atoms with Crippen molar-refractivity contribution in [2.75, 3.05) is 17.6 Å². The summed E-state index contributed by atoms with van der Waals surface area (Å²) in [6.45, 7) is 2.47. The molecule has 0 aliphatic heterocycles. The molecule has 0 unspecified atom stereocenters. The second-order valence-corrected chi connectivity index (χ2v) is 5.12. The summed E-state index contributed by atoms with van der Waals surface area (Å²) in [7, 11) is 0. The molecule has 0 heterocycles. The molecule has 2 rings (SSSR count). The van der Waals surface area contributed by atoms with Crippen LogP contribution in [0.4, 0.5) is 17.1 Å². The first-order valence-electron chi connectivity index (χ1n) is 6.31. The number of rotatable bonds is 4. The number of benzene rings is 2. The standard InChI is InChI=1S/C15H16BrN3O/c1-2-18-15(20)10-7-8-14(12(17)9-10)19-13-6-4-3-5-11(13)16/h3-9,19H,2,17H2,1H3,(H,18,20). The minimum absolute atomic E-state index is 0.119. The number of amides is 1. The molecule has 0 fully saturated rings. The van der Waals surface area contributed by atoms with Crippen molar-refractivity contribution < 1.29 is 4.79 Å². The van der Waals surface area contributed by atoms with E-state index in [1.165, 1.54) is 0 Å². The van der Waals surface area contributed by atoms with Gasteiger partial charge in [0.15, 0.2) is 0 Å². The van der Waals surface area contributed by atoms with Gasteiger partial charge in [0.2, 0.25) is 0 Å². The highest BCUT2D eigenvalue weighted by Gasteiger charge is 2.08. The van der Waals surface area contributed by atoms with Crippen molar-refractivity contribution in [1.29, 1.82) is 0 Å². The lowest BCUT2D eigenvalue weighted by Crippen LogP contribution is -2.22. The van der Waals surface area contributed by atoms with Crippen LogP contribution in [-0.2, 0) is 0 Å². The third-order valence-corrected chi connectivity index (χ3v) is 3.49. The number of nitrogen functional groups attached to an aromatic ring is 1. The Bertz CT molecular complexity index is 628. The Morgan fingerprint density at radius 3 is 2.60 bits per heavy atom. The molecule has 0 atom stereocenters. The zero-order valence-electron chi connectivity index (χ0n) is 11.1. The fourth-order valence-corrected chi connectivity index (χ4v) is 2.17. The summed E-state index contributed by atoms with van der Waals surface area (Å²) in [6, 6.07) is 13.0. The van der Waals surface area contributed by atoms with Gasteiger partial charge in [-0.05, 0) is 53.2 Å². The zero-order chi connectivity index (χ0) is 14.5. The maximum Gasteiger partial charge on any atom is 0.251 e. The van der Waals surface area contributed by atoms with E-state index in [1.807, 2.05) is 31.2 Å². The number of hydrogen-bond donors (Lipinski definition) is 3. The monoisotopic (exact) mass is 333 g/mol. The summed E-state index contributed by atoms with van der Waals surface area (Å²) in [5.74, 6) is -0.119. The Kier molecular flexibility index (Phi) is 4.63. The molecule has 0 aliphatic carbocycles. The minimum atomic E-state index is -0.119. The molecular formula is C15H16BrN3O. The first-order valence-corrected chi connectivity index (χ1v) is 7.10. The number of para-hydroxylation sites is 1. The highest BCUT2D eigenvalue weighted by molar-refractivity contribution is 9.10. The summed E-state index contributed by atoms with van der Waals surface area (Å²) < 4.78 is 0.951. The maximum absolute atomic E-state index is 11.7. The summed E-state index contributed by atoms with van der Waals surface area (Å²) in [5, 5.41) is 5.98. The smallest absolute Gasteiger partial charge is 0.251 e. The van der Waals surface area contributed by atoms with Gasteiger partial charge in [-0.15, -0.1) is 0 Å². The van der Waals surface area contributed by atoms with E-state index in [2.05, 4.69) is 26.6 Å². The van der Waals surface area contributed by atoms with Gasteiger partial charge in [-0.3, -0.25) is 4.79 Å². The SMILES string of the molecule is CCNC(=O)c1ccc(Nc2ccccc2Br)c(N)c1. The van der Waals surface area contributed by atoms with Crippen molar-refractivity contribution in [3.8, 4) is 0 Å². The highest BCUT2D eigenvalue weighted by Crippen LogP contribution is 2.28. The molecule has 20 heavy (non-hydrogen) atoms. The van der Waals surface area contributed by atoms with Crippen molar-refractivity contribution in [2.45, 2.75) is 6.92 Å². The van der Waals surface area contributed by atoms with E-state index in [-0.39, 0.29) is 5.91 Å². The Morgan fingerprint density at radius 2 is 1.95 bits per heavy atom. The Labute approximate surface area is 126 Å². The number of carbonyl (C=O) groups is 1. The van der Waals surface area contributed by atoms with Crippen LogP contribution in [0.15, 0.2) is 46.9 Å². The normalized spacial score (nSPS) is 10.1. The van der Waals surface area contributed by atoms with Gasteiger partial charge in [-0.1, -0.05) is 12.1 Å². The van der Waals surface area contributed by atoms with Gasteiger partial charge in [-0.2, -0.15) is 0 Å². The average Bonchev–Trinajstić information content (AvgIpc) is 2.43. The molecule has 2 aromatic rings. The van der Waals surface area contributed by atoms with E-state index in [1.54, 1.807) is 18.2 Å². The molecule has 5 heteroatoms. The number of nitrogens with two attached hydrogens (primary N) is 1. The summed E-state index contributed by atoms with van der Waals surface area (Å²) >= 11 is 3.47. The predicted molar refractivity (Wildman–Crippen MR) is 86.3 cm³/mol. The molecule has 4 nitrogen and oxygen atoms in total. The third kappa shape index (κ3) is 3.30. The van der Waals surface area contributed by atoms with Crippen molar-refractivity contribution in [2.24, 2.45) is 0 Å². The molecule has 1 amide bonds. The molecule has 0 spiro atoms. The quantitative estimate of drug-likeness (QED) is 0.750. The zero-order valence-corrected chi connectivity index (χ0v) is 12.7. The molecule has 0 aliphatic rings. The van der Waals surface area contributed by atoms with Crippen LogP contribution >= 0.6 is 15.9 Å². The minimum Gasteiger partial charge on any atom is -0.397 e. The third-order valence-electron chi connectivity index (χ3n) is 2.79. The largest absolute Gasteiger partial charge is 0.397 e. The molecular weight excluding hydrogens is 318 g/mol. The van der Waals surface area contributed by atoms with Crippen molar-refractivity contribution in [1.82, 2.24) is 5.32 Å². The first-order chi connectivity index (χ1) is 9.61. The molecule has 0 bridgehead atoms. The van der Waals surface area contributed by atoms with Gasteiger partial charge < -0.3 is 16.4 Å². The van der Waals surface area contributed by atoms with E-state index >= 15 is 0 Å². The Morgan fingerprint density at radius 1 is 1.20 bits per heavy atom. The second-order valence-electron chi connectivity index (χ2n) is 4.27. The van der Waals surface area contributed by atoms with Gasteiger partial charge in [0.25, 0.3) is 5.91 Å². The van der Waals surface area contributed by atoms with Gasteiger partial charge in [0.05, 0.1) is 17.1 Å². The molecule has 2 aromatic carbocycles. The maximum atomic E-state index is 11.7. The van der Waals surface area contributed by atoms with Gasteiger partial charge in [-0.25, -0.2) is 0 Å². The lowest BCUT2D eigenvalue weighted by atomic mass is 10.1. The van der Waals surface area contributed by atoms with Crippen LogP contribution in [0.5, 0.6) is 0 Å². The molecule has 104 valence electrons. The Hall–Kier alpha value is -2.01. The second kappa shape index (κ2) is 6.43. The van der Waals surface area contributed by atoms with E-state index in [0.29, 0.717) is 17.8 Å². The van der Waals surface area contributed by atoms with E-state index in [0.717, 1.165) is 15.8 Å².